The molecule has 2 saturated heterocycles. The fourth-order valence-corrected chi connectivity index (χ4v) is 5.27. The van der Waals surface area contributed by atoms with Gasteiger partial charge in [0.2, 0.25) is 11.8 Å². The van der Waals surface area contributed by atoms with Crippen molar-refractivity contribution >= 4 is 30.2 Å². The average molecular weight is 510 g/mol. The van der Waals surface area contributed by atoms with Crippen LogP contribution in [0.5, 0.6) is 11.6 Å². The van der Waals surface area contributed by atoms with Crippen LogP contribution in [0.4, 0.5) is 14.5 Å². The van der Waals surface area contributed by atoms with Crippen LogP contribution in [0.15, 0.2) is 60.7 Å². The lowest BCUT2D eigenvalue weighted by molar-refractivity contribution is -0.140. The Labute approximate surface area is 213 Å². The number of aromatic nitrogens is 1. The topological polar surface area (TPSA) is 62.7 Å². The van der Waals surface area contributed by atoms with E-state index in [1.807, 2.05) is 24.3 Å². The van der Waals surface area contributed by atoms with Crippen molar-refractivity contribution in [3.05, 3.63) is 83.6 Å². The van der Waals surface area contributed by atoms with Crippen LogP contribution in [-0.4, -0.2) is 34.1 Å². The van der Waals surface area contributed by atoms with E-state index in [-0.39, 0.29) is 30.3 Å². The predicted molar refractivity (Wildman–Crippen MR) is 134 cm³/mol. The van der Waals surface area contributed by atoms with Crippen molar-refractivity contribution in [3.8, 4) is 11.6 Å². The highest BCUT2D eigenvalue weighted by Crippen LogP contribution is 2.44. The van der Waals surface area contributed by atoms with E-state index in [2.05, 4.69) is 22.7 Å². The van der Waals surface area contributed by atoms with E-state index in [0.29, 0.717) is 11.3 Å². The first-order valence-electron chi connectivity index (χ1n) is 11.9. The molecule has 9 heteroatoms. The first kappa shape index (κ1) is 24.2. The zero-order chi connectivity index (χ0) is 25.3. The summed E-state index contributed by atoms with van der Waals surface area (Å²) in [5.41, 5.74) is 0.890. The molecule has 0 bridgehead atoms. The minimum Gasteiger partial charge on any atom is -0.439 e. The van der Waals surface area contributed by atoms with Crippen LogP contribution < -0.4 is 9.64 Å². The molecular weight excluding hydrogens is 484 g/mol. The normalized spacial score (nSPS) is 20.5. The van der Waals surface area contributed by atoms with Gasteiger partial charge in [-0.15, -0.1) is 0 Å². The molecule has 3 heterocycles. The molecular formula is C27H25F2N3O3S. The van der Waals surface area contributed by atoms with Crippen LogP contribution in [0.2, 0.25) is 0 Å². The number of piperidine rings is 2. The molecule has 0 aliphatic carbocycles. The number of rotatable bonds is 5. The number of amides is 1. The van der Waals surface area contributed by atoms with Gasteiger partial charge in [0.25, 0.3) is 0 Å². The Morgan fingerprint density at radius 3 is 2.39 bits per heavy atom. The summed E-state index contributed by atoms with van der Waals surface area (Å²) in [6.07, 6.45) is 3.28. The second kappa shape index (κ2) is 9.89. The SMILES string of the molecule is O=C1CC(=O)N(S)C(c2ccc(N3CCCCC3)cc2)(c2cccc(Oc3ccc(F)c(F)c3)n2)C1. The van der Waals surface area contributed by atoms with Gasteiger partial charge in [-0.05, 0) is 55.2 Å². The van der Waals surface area contributed by atoms with E-state index >= 15 is 0 Å². The van der Waals surface area contributed by atoms with Crippen molar-refractivity contribution in [2.75, 3.05) is 18.0 Å². The highest BCUT2D eigenvalue weighted by atomic mass is 32.1. The van der Waals surface area contributed by atoms with Gasteiger partial charge in [0.15, 0.2) is 11.6 Å². The van der Waals surface area contributed by atoms with E-state index in [9.17, 15) is 18.4 Å². The van der Waals surface area contributed by atoms with E-state index in [4.69, 9.17) is 4.74 Å². The molecule has 0 N–H and O–H groups in total. The summed E-state index contributed by atoms with van der Waals surface area (Å²) in [5, 5.41) is 0. The van der Waals surface area contributed by atoms with Crippen LogP contribution in [0.3, 0.4) is 0 Å². The van der Waals surface area contributed by atoms with Crippen molar-refractivity contribution in [3.63, 3.8) is 0 Å². The Kier molecular flexibility index (Phi) is 6.66. The number of hydrogen-bond acceptors (Lipinski definition) is 6. The lowest BCUT2D eigenvalue weighted by Gasteiger charge is -2.43. The number of Topliss-reactive ketones (excluding diaryl/α,β-unsaturated/α-hetero) is 1. The predicted octanol–water partition coefficient (Wildman–Crippen LogP) is 5.42. The Morgan fingerprint density at radius 2 is 1.67 bits per heavy atom. The van der Waals surface area contributed by atoms with Gasteiger partial charge < -0.3 is 9.64 Å². The molecule has 1 unspecified atom stereocenters. The molecule has 36 heavy (non-hydrogen) atoms. The van der Waals surface area contributed by atoms with Crippen molar-refractivity contribution in [2.45, 2.75) is 37.6 Å². The van der Waals surface area contributed by atoms with Crippen LogP contribution in [0, 0.1) is 11.6 Å². The molecule has 1 atom stereocenters. The van der Waals surface area contributed by atoms with E-state index in [1.54, 1.807) is 18.2 Å². The van der Waals surface area contributed by atoms with Crippen LogP contribution in [0.1, 0.15) is 43.4 Å². The molecule has 0 spiro atoms. The quantitative estimate of drug-likeness (QED) is 0.368. The third kappa shape index (κ3) is 4.55. The molecule has 2 fully saturated rings. The van der Waals surface area contributed by atoms with Crippen molar-refractivity contribution in [1.82, 2.24) is 9.29 Å². The number of pyridine rings is 1. The lowest BCUT2D eigenvalue weighted by Crippen LogP contribution is -2.51. The van der Waals surface area contributed by atoms with Gasteiger partial charge in [-0.1, -0.05) is 31.0 Å². The number of nitrogens with zero attached hydrogens (tertiary/aromatic N) is 3. The zero-order valence-corrected chi connectivity index (χ0v) is 20.4. The first-order chi connectivity index (χ1) is 17.4. The van der Waals surface area contributed by atoms with Crippen LogP contribution >= 0.6 is 12.8 Å². The van der Waals surface area contributed by atoms with Gasteiger partial charge >= 0.3 is 0 Å². The smallest absolute Gasteiger partial charge is 0.240 e. The zero-order valence-electron chi connectivity index (χ0n) is 19.5. The summed E-state index contributed by atoms with van der Waals surface area (Å²) in [4.78, 5) is 32.4. The molecule has 5 rings (SSSR count). The number of benzene rings is 2. The van der Waals surface area contributed by atoms with Gasteiger partial charge in [0.1, 0.15) is 17.1 Å². The highest BCUT2D eigenvalue weighted by Gasteiger charge is 2.49. The van der Waals surface area contributed by atoms with Gasteiger partial charge in [-0.25, -0.2) is 13.8 Å². The number of anilines is 1. The van der Waals surface area contributed by atoms with Crippen LogP contribution in [0.25, 0.3) is 0 Å². The van der Waals surface area contributed by atoms with Crippen molar-refractivity contribution < 1.29 is 23.1 Å². The molecule has 3 aromatic rings. The Balaban J connectivity index is 1.54. The van der Waals surface area contributed by atoms with E-state index < -0.39 is 23.1 Å². The fraction of sp³-hybridized carbons (Fsp3) is 0.296. The Morgan fingerprint density at radius 1 is 0.917 bits per heavy atom. The second-order valence-electron chi connectivity index (χ2n) is 9.09. The monoisotopic (exact) mass is 509 g/mol. The second-order valence-corrected chi connectivity index (χ2v) is 9.49. The summed E-state index contributed by atoms with van der Waals surface area (Å²) >= 11 is 4.54. The summed E-state index contributed by atoms with van der Waals surface area (Å²) in [6.45, 7) is 1.98. The number of ketones is 1. The van der Waals surface area contributed by atoms with Gasteiger partial charge in [-0.2, -0.15) is 0 Å². The molecule has 2 aliphatic heterocycles. The number of halogens is 2. The number of carbonyl (C=O) groups excluding carboxylic acids is 2. The summed E-state index contributed by atoms with van der Waals surface area (Å²) in [7, 11) is 0. The highest BCUT2D eigenvalue weighted by molar-refractivity contribution is 7.78. The Bertz CT molecular complexity index is 1300. The van der Waals surface area contributed by atoms with E-state index in [0.717, 1.165) is 43.8 Å². The minimum absolute atomic E-state index is 0.00701. The lowest BCUT2D eigenvalue weighted by atomic mass is 9.78. The molecule has 2 aliphatic rings. The number of carbonyl (C=O) groups is 2. The van der Waals surface area contributed by atoms with Gasteiger partial charge in [0.05, 0.1) is 12.1 Å². The molecule has 0 saturated carbocycles. The average Bonchev–Trinajstić information content (AvgIpc) is 2.89. The minimum atomic E-state index is -1.26. The standard InChI is InChI=1S/C27H25F2N3O3S/c28-22-12-11-21(16-23(22)29)35-25-6-4-5-24(30-25)27(17-20(33)15-26(34)32(27)36)18-7-9-19(10-8-18)31-13-2-1-3-14-31/h4-12,16,36H,1-3,13-15,17H2. The van der Waals surface area contributed by atoms with Crippen molar-refractivity contribution in [2.24, 2.45) is 0 Å². The third-order valence-electron chi connectivity index (χ3n) is 6.73. The van der Waals surface area contributed by atoms with Gasteiger partial charge in [-0.3, -0.25) is 13.9 Å². The summed E-state index contributed by atoms with van der Waals surface area (Å²) in [5.74, 6) is -2.51. The molecule has 186 valence electrons. The molecule has 1 aromatic heterocycles. The summed E-state index contributed by atoms with van der Waals surface area (Å²) in [6, 6.07) is 15.9. The molecule has 1 amide bonds. The molecule has 2 aromatic carbocycles. The number of ether oxygens (including phenoxy) is 1. The maximum Gasteiger partial charge on any atom is 0.240 e. The maximum atomic E-state index is 13.7. The fourth-order valence-electron chi connectivity index (χ4n) is 4.91. The molecule has 0 radical (unpaired) electrons. The van der Waals surface area contributed by atoms with Crippen molar-refractivity contribution in [1.29, 1.82) is 0 Å². The largest absolute Gasteiger partial charge is 0.439 e. The number of thiol groups is 1. The summed E-state index contributed by atoms with van der Waals surface area (Å²) < 4.78 is 33.9. The van der Waals surface area contributed by atoms with Gasteiger partial charge in [0, 0.05) is 37.3 Å². The number of hydrogen-bond donors (Lipinski definition) is 1. The maximum absolute atomic E-state index is 13.7. The Hall–Kier alpha value is -3.46. The van der Waals surface area contributed by atoms with Crippen LogP contribution in [-0.2, 0) is 15.1 Å². The third-order valence-corrected chi connectivity index (χ3v) is 7.29. The molecule has 6 nitrogen and oxygen atoms in total. The van der Waals surface area contributed by atoms with E-state index in [1.165, 1.54) is 16.8 Å². The first-order valence-corrected chi connectivity index (χ1v) is 12.3.